The molecule has 1 aliphatic carbocycles. The van der Waals surface area contributed by atoms with E-state index in [0.29, 0.717) is 30.3 Å². The molecule has 1 aliphatic heterocycles. The highest BCUT2D eigenvalue weighted by atomic mass is 16.5. The third-order valence-electron chi connectivity index (χ3n) is 5.41. The highest BCUT2D eigenvalue weighted by Crippen LogP contribution is 2.41. The molecule has 3 rings (SSSR count). The van der Waals surface area contributed by atoms with Crippen molar-refractivity contribution in [1.82, 2.24) is 16.2 Å². The number of hydrogen-bond donors (Lipinski definition) is 3. The normalized spacial score (nSPS) is 27.7. The van der Waals surface area contributed by atoms with Crippen molar-refractivity contribution in [3.05, 3.63) is 29.8 Å². The molecule has 2 aliphatic rings. The van der Waals surface area contributed by atoms with Crippen molar-refractivity contribution in [2.75, 3.05) is 7.11 Å². The number of carbonyl (C=O) groups is 1. The van der Waals surface area contributed by atoms with Gasteiger partial charge in [-0.05, 0) is 62.6 Å². The van der Waals surface area contributed by atoms with Gasteiger partial charge in [-0.25, -0.2) is 0 Å². The van der Waals surface area contributed by atoms with Crippen molar-refractivity contribution in [2.24, 2.45) is 11.8 Å². The standard InChI is InChI=1S/C19H29N3O2/c1-12-17(13(2)22-21-12)10-11-18(23)20-19(14-4-5-14)15-6-8-16(24-3)9-7-15/h6-9,12-14,17,19,21-22H,4-5,10-11H2,1-3H3,(H,20,23). The fourth-order valence-electron chi connectivity index (χ4n) is 3.67. The van der Waals surface area contributed by atoms with E-state index in [1.807, 2.05) is 12.1 Å². The zero-order chi connectivity index (χ0) is 17.1. The van der Waals surface area contributed by atoms with Gasteiger partial charge in [-0.15, -0.1) is 0 Å². The third kappa shape index (κ3) is 4.08. The predicted molar refractivity (Wildman–Crippen MR) is 94.5 cm³/mol. The molecule has 1 aromatic carbocycles. The summed E-state index contributed by atoms with van der Waals surface area (Å²) < 4.78 is 5.22. The van der Waals surface area contributed by atoms with Crippen molar-refractivity contribution in [3.8, 4) is 5.75 Å². The van der Waals surface area contributed by atoms with E-state index in [1.54, 1.807) is 7.11 Å². The van der Waals surface area contributed by atoms with Crippen molar-refractivity contribution < 1.29 is 9.53 Å². The Labute approximate surface area is 144 Å². The van der Waals surface area contributed by atoms with Gasteiger partial charge in [0.15, 0.2) is 0 Å². The monoisotopic (exact) mass is 331 g/mol. The maximum Gasteiger partial charge on any atom is 0.220 e. The zero-order valence-electron chi connectivity index (χ0n) is 14.8. The molecular weight excluding hydrogens is 302 g/mol. The summed E-state index contributed by atoms with van der Waals surface area (Å²) in [6.07, 6.45) is 3.89. The van der Waals surface area contributed by atoms with Crippen LogP contribution in [0.5, 0.6) is 5.75 Å². The van der Waals surface area contributed by atoms with Crippen molar-refractivity contribution >= 4 is 5.91 Å². The van der Waals surface area contributed by atoms with Crippen LogP contribution in [0.4, 0.5) is 0 Å². The van der Waals surface area contributed by atoms with Gasteiger partial charge in [0.1, 0.15) is 5.75 Å². The van der Waals surface area contributed by atoms with Crippen LogP contribution >= 0.6 is 0 Å². The molecule has 0 spiro atoms. The fraction of sp³-hybridized carbons (Fsp3) is 0.632. The minimum absolute atomic E-state index is 0.137. The van der Waals surface area contributed by atoms with E-state index in [0.717, 1.165) is 12.2 Å². The van der Waals surface area contributed by atoms with Crippen LogP contribution in [0.15, 0.2) is 24.3 Å². The number of ether oxygens (including phenoxy) is 1. The molecule has 2 fully saturated rings. The quantitative estimate of drug-likeness (QED) is 0.718. The zero-order valence-corrected chi connectivity index (χ0v) is 14.8. The summed E-state index contributed by atoms with van der Waals surface area (Å²) in [5.74, 6) is 2.09. The number of benzene rings is 1. The average molecular weight is 331 g/mol. The van der Waals surface area contributed by atoms with Crippen LogP contribution in [-0.2, 0) is 4.79 Å². The molecule has 5 nitrogen and oxygen atoms in total. The minimum Gasteiger partial charge on any atom is -0.497 e. The Morgan fingerprint density at radius 3 is 2.38 bits per heavy atom. The molecule has 1 saturated carbocycles. The topological polar surface area (TPSA) is 62.4 Å². The van der Waals surface area contributed by atoms with E-state index in [4.69, 9.17) is 4.74 Å². The van der Waals surface area contributed by atoms with Gasteiger partial charge in [-0.1, -0.05) is 12.1 Å². The van der Waals surface area contributed by atoms with E-state index in [-0.39, 0.29) is 11.9 Å². The number of amides is 1. The van der Waals surface area contributed by atoms with Crippen molar-refractivity contribution in [2.45, 2.75) is 57.7 Å². The Kier molecular flexibility index (Phi) is 5.41. The molecule has 1 aromatic rings. The Bertz CT molecular complexity index is 546. The maximum absolute atomic E-state index is 12.5. The van der Waals surface area contributed by atoms with Gasteiger partial charge in [0, 0.05) is 18.5 Å². The first-order valence-electron chi connectivity index (χ1n) is 9.03. The summed E-state index contributed by atoms with van der Waals surface area (Å²) in [5, 5.41) is 3.27. The molecule has 132 valence electrons. The number of methoxy groups -OCH3 is 1. The molecule has 0 aromatic heterocycles. The van der Waals surface area contributed by atoms with Gasteiger partial charge in [0.05, 0.1) is 13.2 Å². The van der Waals surface area contributed by atoms with Gasteiger partial charge < -0.3 is 10.1 Å². The molecule has 3 atom stereocenters. The highest BCUT2D eigenvalue weighted by Gasteiger charge is 2.34. The first-order chi connectivity index (χ1) is 11.6. The Balaban J connectivity index is 1.56. The fourth-order valence-corrected chi connectivity index (χ4v) is 3.67. The van der Waals surface area contributed by atoms with Gasteiger partial charge in [-0.3, -0.25) is 15.6 Å². The van der Waals surface area contributed by atoms with E-state index in [1.165, 1.54) is 18.4 Å². The second kappa shape index (κ2) is 7.53. The minimum atomic E-state index is 0.137. The van der Waals surface area contributed by atoms with E-state index in [2.05, 4.69) is 42.1 Å². The van der Waals surface area contributed by atoms with Crippen LogP contribution in [0.1, 0.15) is 51.1 Å². The molecule has 1 saturated heterocycles. The lowest BCUT2D eigenvalue weighted by molar-refractivity contribution is -0.122. The highest BCUT2D eigenvalue weighted by molar-refractivity contribution is 5.76. The lowest BCUT2D eigenvalue weighted by Gasteiger charge is -2.21. The van der Waals surface area contributed by atoms with E-state index in [9.17, 15) is 4.79 Å². The molecule has 3 unspecified atom stereocenters. The molecule has 5 heteroatoms. The lowest BCUT2D eigenvalue weighted by Crippen LogP contribution is -2.31. The van der Waals surface area contributed by atoms with Gasteiger partial charge in [0.25, 0.3) is 0 Å². The van der Waals surface area contributed by atoms with E-state index < -0.39 is 0 Å². The van der Waals surface area contributed by atoms with Crippen LogP contribution in [-0.4, -0.2) is 25.1 Å². The van der Waals surface area contributed by atoms with Crippen LogP contribution in [0.3, 0.4) is 0 Å². The summed E-state index contributed by atoms with van der Waals surface area (Å²) in [6, 6.07) is 9.03. The van der Waals surface area contributed by atoms with Crippen LogP contribution in [0.25, 0.3) is 0 Å². The number of hydrogen-bond acceptors (Lipinski definition) is 4. The first kappa shape index (κ1) is 17.2. The molecular formula is C19H29N3O2. The second-order valence-corrected chi connectivity index (χ2v) is 7.22. The summed E-state index contributed by atoms with van der Waals surface area (Å²) in [7, 11) is 1.67. The first-order valence-corrected chi connectivity index (χ1v) is 9.03. The average Bonchev–Trinajstić information content (AvgIpc) is 3.38. The smallest absolute Gasteiger partial charge is 0.220 e. The molecule has 0 bridgehead atoms. The van der Waals surface area contributed by atoms with Crippen molar-refractivity contribution in [1.29, 1.82) is 0 Å². The lowest BCUT2D eigenvalue weighted by atomic mass is 9.91. The molecule has 0 radical (unpaired) electrons. The summed E-state index contributed by atoms with van der Waals surface area (Å²) in [6.45, 7) is 4.34. The summed E-state index contributed by atoms with van der Waals surface area (Å²) in [5.41, 5.74) is 7.69. The number of nitrogens with one attached hydrogen (secondary N) is 3. The summed E-state index contributed by atoms with van der Waals surface area (Å²) in [4.78, 5) is 12.5. The van der Waals surface area contributed by atoms with Gasteiger partial charge in [0.2, 0.25) is 5.91 Å². The van der Waals surface area contributed by atoms with Crippen LogP contribution in [0.2, 0.25) is 0 Å². The molecule has 1 amide bonds. The summed E-state index contributed by atoms with van der Waals surface area (Å²) >= 11 is 0. The van der Waals surface area contributed by atoms with Gasteiger partial charge in [-0.2, -0.15) is 0 Å². The van der Waals surface area contributed by atoms with Crippen LogP contribution < -0.4 is 20.9 Å². The molecule has 1 heterocycles. The molecule has 3 N–H and O–H groups in total. The Hall–Kier alpha value is -1.59. The van der Waals surface area contributed by atoms with Crippen molar-refractivity contribution in [3.63, 3.8) is 0 Å². The molecule has 24 heavy (non-hydrogen) atoms. The van der Waals surface area contributed by atoms with Gasteiger partial charge >= 0.3 is 0 Å². The third-order valence-corrected chi connectivity index (χ3v) is 5.41. The number of hydrazine groups is 1. The van der Waals surface area contributed by atoms with E-state index >= 15 is 0 Å². The predicted octanol–water partition coefficient (Wildman–Crippen LogP) is 2.54. The number of rotatable bonds is 7. The SMILES string of the molecule is COc1ccc(C(NC(=O)CCC2C(C)NNC2C)C2CC2)cc1. The second-order valence-electron chi connectivity index (χ2n) is 7.22. The maximum atomic E-state index is 12.5. The van der Waals surface area contributed by atoms with Crippen LogP contribution in [0, 0.1) is 11.8 Å². The number of carbonyl (C=O) groups excluding carboxylic acids is 1. The largest absolute Gasteiger partial charge is 0.497 e. The Morgan fingerprint density at radius 1 is 1.21 bits per heavy atom. The Morgan fingerprint density at radius 2 is 1.83 bits per heavy atom.